The van der Waals surface area contributed by atoms with E-state index >= 15 is 0 Å². The molecule has 2 N–H and O–H groups in total. The molecule has 0 bridgehead atoms. The molecule has 0 spiro atoms. The standard InChI is InChI=1S/C14H16BrN3O2/c1-4-11-12(15)13(16)18-14(17-11)8-5-9(19-2)7-10(6-8)20-3/h5-7H,4H2,1-3H3,(H2,16,17,18). The fraction of sp³-hybridized carbons (Fsp3) is 0.286. The summed E-state index contributed by atoms with van der Waals surface area (Å²) in [5.41, 5.74) is 7.59. The van der Waals surface area contributed by atoms with Crippen LogP contribution in [0.3, 0.4) is 0 Å². The Morgan fingerprint density at radius 3 is 2.20 bits per heavy atom. The number of nitrogens with zero attached hydrogens (tertiary/aromatic N) is 2. The number of anilines is 1. The Bertz CT molecular complexity index is 610. The van der Waals surface area contributed by atoms with Crippen molar-refractivity contribution in [2.75, 3.05) is 20.0 Å². The molecule has 2 rings (SSSR count). The van der Waals surface area contributed by atoms with Crippen molar-refractivity contribution in [1.82, 2.24) is 9.97 Å². The molecule has 1 aromatic heterocycles. The van der Waals surface area contributed by atoms with Crippen molar-refractivity contribution in [2.24, 2.45) is 0 Å². The van der Waals surface area contributed by atoms with Gasteiger partial charge in [-0.1, -0.05) is 6.92 Å². The molecule has 0 fully saturated rings. The number of aromatic nitrogens is 2. The minimum absolute atomic E-state index is 0.425. The maximum atomic E-state index is 5.91. The molecule has 1 aromatic carbocycles. The molecule has 0 atom stereocenters. The predicted octanol–water partition coefficient (Wildman–Crippen LogP) is 3.07. The van der Waals surface area contributed by atoms with Crippen molar-refractivity contribution < 1.29 is 9.47 Å². The number of nitrogen functional groups attached to an aromatic ring is 1. The summed E-state index contributed by atoms with van der Waals surface area (Å²) < 4.78 is 11.3. The molecular weight excluding hydrogens is 322 g/mol. The summed E-state index contributed by atoms with van der Waals surface area (Å²) in [7, 11) is 3.21. The van der Waals surface area contributed by atoms with Gasteiger partial charge in [0.2, 0.25) is 0 Å². The Morgan fingerprint density at radius 1 is 1.10 bits per heavy atom. The van der Waals surface area contributed by atoms with E-state index in [9.17, 15) is 0 Å². The molecule has 1 heterocycles. The van der Waals surface area contributed by atoms with Gasteiger partial charge in [-0.2, -0.15) is 0 Å². The van der Waals surface area contributed by atoms with Crippen LogP contribution in [0.15, 0.2) is 22.7 Å². The highest BCUT2D eigenvalue weighted by molar-refractivity contribution is 9.10. The number of aryl methyl sites for hydroxylation is 1. The molecule has 0 amide bonds. The van der Waals surface area contributed by atoms with Crippen LogP contribution in [0.5, 0.6) is 11.5 Å². The second kappa shape index (κ2) is 6.09. The Labute approximate surface area is 126 Å². The van der Waals surface area contributed by atoms with E-state index in [0.29, 0.717) is 23.1 Å². The lowest BCUT2D eigenvalue weighted by Gasteiger charge is -2.10. The fourth-order valence-electron chi connectivity index (χ4n) is 1.81. The molecule has 0 aliphatic heterocycles. The molecule has 2 aromatic rings. The zero-order chi connectivity index (χ0) is 14.7. The van der Waals surface area contributed by atoms with Crippen LogP contribution in [0.2, 0.25) is 0 Å². The van der Waals surface area contributed by atoms with Gasteiger partial charge in [0.1, 0.15) is 17.3 Å². The van der Waals surface area contributed by atoms with Gasteiger partial charge in [0.15, 0.2) is 5.82 Å². The molecule has 20 heavy (non-hydrogen) atoms. The van der Waals surface area contributed by atoms with E-state index in [2.05, 4.69) is 25.9 Å². The Hall–Kier alpha value is -1.82. The quantitative estimate of drug-likeness (QED) is 0.928. The first-order chi connectivity index (χ1) is 9.58. The number of methoxy groups -OCH3 is 2. The third-order valence-corrected chi connectivity index (χ3v) is 3.75. The average molecular weight is 338 g/mol. The van der Waals surface area contributed by atoms with Crippen LogP contribution in [0.4, 0.5) is 5.82 Å². The van der Waals surface area contributed by atoms with Gasteiger partial charge in [0.05, 0.1) is 24.4 Å². The number of hydrogen-bond donors (Lipinski definition) is 1. The lowest BCUT2D eigenvalue weighted by Crippen LogP contribution is -2.02. The summed E-state index contributed by atoms with van der Waals surface area (Å²) >= 11 is 3.40. The van der Waals surface area contributed by atoms with E-state index < -0.39 is 0 Å². The SMILES string of the molecule is CCc1nc(-c2cc(OC)cc(OC)c2)nc(N)c1Br. The van der Waals surface area contributed by atoms with E-state index in [1.807, 2.05) is 19.1 Å². The maximum Gasteiger partial charge on any atom is 0.162 e. The van der Waals surface area contributed by atoms with Crippen LogP contribution in [-0.4, -0.2) is 24.2 Å². The summed E-state index contributed by atoms with van der Waals surface area (Å²) in [6.07, 6.45) is 0.765. The van der Waals surface area contributed by atoms with Crippen molar-refractivity contribution in [3.63, 3.8) is 0 Å². The Kier molecular flexibility index (Phi) is 4.44. The highest BCUT2D eigenvalue weighted by Gasteiger charge is 2.12. The first-order valence-electron chi connectivity index (χ1n) is 6.14. The van der Waals surface area contributed by atoms with E-state index in [0.717, 1.165) is 22.2 Å². The van der Waals surface area contributed by atoms with Gasteiger partial charge in [-0.25, -0.2) is 9.97 Å². The van der Waals surface area contributed by atoms with Crippen LogP contribution >= 0.6 is 15.9 Å². The largest absolute Gasteiger partial charge is 0.497 e. The van der Waals surface area contributed by atoms with Gasteiger partial charge < -0.3 is 15.2 Å². The average Bonchev–Trinajstić information content (AvgIpc) is 2.49. The molecule has 0 radical (unpaired) electrons. The van der Waals surface area contributed by atoms with E-state index in [4.69, 9.17) is 15.2 Å². The zero-order valence-electron chi connectivity index (χ0n) is 11.6. The van der Waals surface area contributed by atoms with Crippen LogP contribution in [-0.2, 0) is 6.42 Å². The number of nitrogens with two attached hydrogens (primary N) is 1. The Morgan fingerprint density at radius 2 is 1.70 bits per heavy atom. The number of benzene rings is 1. The normalized spacial score (nSPS) is 10.4. The fourth-order valence-corrected chi connectivity index (χ4v) is 2.27. The van der Waals surface area contributed by atoms with Gasteiger partial charge in [-0.05, 0) is 34.5 Å². The lowest BCUT2D eigenvalue weighted by molar-refractivity contribution is 0.394. The first kappa shape index (κ1) is 14.6. The molecule has 0 aliphatic carbocycles. The number of hydrogen-bond acceptors (Lipinski definition) is 5. The lowest BCUT2D eigenvalue weighted by atomic mass is 10.1. The highest BCUT2D eigenvalue weighted by Crippen LogP contribution is 2.30. The number of ether oxygens (including phenoxy) is 2. The molecule has 6 heteroatoms. The van der Waals surface area contributed by atoms with E-state index in [1.54, 1.807) is 20.3 Å². The first-order valence-corrected chi connectivity index (χ1v) is 6.93. The second-order valence-corrected chi connectivity index (χ2v) is 4.94. The van der Waals surface area contributed by atoms with Crippen molar-refractivity contribution in [3.05, 3.63) is 28.4 Å². The minimum atomic E-state index is 0.425. The summed E-state index contributed by atoms with van der Waals surface area (Å²) in [4.78, 5) is 8.83. The topological polar surface area (TPSA) is 70.3 Å². The van der Waals surface area contributed by atoms with Gasteiger partial charge >= 0.3 is 0 Å². The summed E-state index contributed by atoms with van der Waals surface area (Å²) in [6, 6.07) is 5.50. The maximum absolute atomic E-state index is 5.91. The van der Waals surface area contributed by atoms with Gasteiger partial charge in [0, 0.05) is 11.6 Å². The number of rotatable bonds is 4. The van der Waals surface area contributed by atoms with Crippen LogP contribution in [0.1, 0.15) is 12.6 Å². The molecule has 0 saturated heterocycles. The second-order valence-electron chi connectivity index (χ2n) is 4.15. The molecular formula is C14H16BrN3O2. The van der Waals surface area contributed by atoms with Gasteiger partial charge in [0.25, 0.3) is 0 Å². The summed E-state index contributed by atoms with van der Waals surface area (Å²) in [6.45, 7) is 2.02. The zero-order valence-corrected chi connectivity index (χ0v) is 13.2. The minimum Gasteiger partial charge on any atom is -0.497 e. The van der Waals surface area contributed by atoms with Crippen molar-refractivity contribution >= 4 is 21.7 Å². The molecule has 5 nitrogen and oxygen atoms in total. The third kappa shape index (κ3) is 2.85. The molecule has 106 valence electrons. The third-order valence-electron chi connectivity index (χ3n) is 2.89. The predicted molar refractivity (Wildman–Crippen MR) is 82.1 cm³/mol. The molecule has 0 aliphatic rings. The summed E-state index contributed by atoms with van der Waals surface area (Å²) in [5, 5.41) is 0. The highest BCUT2D eigenvalue weighted by atomic mass is 79.9. The van der Waals surface area contributed by atoms with Crippen molar-refractivity contribution in [1.29, 1.82) is 0 Å². The summed E-state index contributed by atoms with van der Waals surface area (Å²) in [5.74, 6) is 2.35. The van der Waals surface area contributed by atoms with Crippen molar-refractivity contribution in [2.45, 2.75) is 13.3 Å². The van der Waals surface area contributed by atoms with E-state index in [-0.39, 0.29) is 0 Å². The van der Waals surface area contributed by atoms with E-state index in [1.165, 1.54) is 0 Å². The van der Waals surface area contributed by atoms with Gasteiger partial charge in [-0.15, -0.1) is 0 Å². The molecule has 0 unspecified atom stereocenters. The number of halogens is 1. The monoisotopic (exact) mass is 337 g/mol. The van der Waals surface area contributed by atoms with Crippen LogP contribution < -0.4 is 15.2 Å². The smallest absolute Gasteiger partial charge is 0.162 e. The Balaban J connectivity index is 2.58. The van der Waals surface area contributed by atoms with Crippen molar-refractivity contribution in [3.8, 4) is 22.9 Å². The van der Waals surface area contributed by atoms with Crippen LogP contribution in [0, 0.1) is 0 Å². The van der Waals surface area contributed by atoms with Crippen LogP contribution in [0.25, 0.3) is 11.4 Å². The van der Waals surface area contributed by atoms with Gasteiger partial charge in [-0.3, -0.25) is 0 Å². The molecule has 0 saturated carbocycles.